The Morgan fingerprint density at radius 1 is 1.08 bits per heavy atom. The topological polar surface area (TPSA) is 59.8 Å². The van der Waals surface area contributed by atoms with Crippen molar-refractivity contribution in [3.05, 3.63) is 70.5 Å². The summed E-state index contributed by atoms with van der Waals surface area (Å²) in [4.78, 5) is 14.2. The molecule has 1 amide bonds. The second kappa shape index (κ2) is 6.89. The van der Waals surface area contributed by atoms with Gasteiger partial charge in [0.15, 0.2) is 5.69 Å². The number of aryl methyl sites for hydroxylation is 4. The van der Waals surface area contributed by atoms with E-state index in [4.69, 9.17) is 0 Å². The molecule has 0 aliphatic heterocycles. The van der Waals surface area contributed by atoms with E-state index in [9.17, 15) is 4.79 Å². The zero-order chi connectivity index (χ0) is 18.0. The van der Waals surface area contributed by atoms with Gasteiger partial charge in [0.25, 0.3) is 5.91 Å². The van der Waals surface area contributed by atoms with Gasteiger partial charge in [0.05, 0.1) is 11.4 Å². The summed E-state index contributed by atoms with van der Waals surface area (Å²) in [6.07, 6.45) is 0.852. The number of amides is 1. The first-order valence-electron chi connectivity index (χ1n) is 8.40. The van der Waals surface area contributed by atoms with Crippen LogP contribution < -0.4 is 5.32 Å². The maximum atomic E-state index is 12.7. The van der Waals surface area contributed by atoms with Crippen molar-refractivity contribution in [3.8, 4) is 5.69 Å². The van der Waals surface area contributed by atoms with E-state index in [-0.39, 0.29) is 5.91 Å². The fourth-order valence-corrected chi connectivity index (χ4v) is 2.86. The molecule has 0 fully saturated rings. The number of para-hydroxylation sites is 1. The van der Waals surface area contributed by atoms with Gasteiger partial charge >= 0.3 is 0 Å². The van der Waals surface area contributed by atoms with Gasteiger partial charge in [-0.3, -0.25) is 4.79 Å². The van der Waals surface area contributed by atoms with Crippen molar-refractivity contribution in [2.24, 2.45) is 0 Å². The second-order valence-electron chi connectivity index (χ2n) is 6.18. The molecule has 5 heteroatoms. The van der Waals surface area contributed by atoms with Crippen molar-refractivity contribution in [2.75, 3.05) is 5.32 Å². The van der Waals surface area contributed by atoms with Crippen LogP contribution >= 0.6 is 0 Å². The number of carbonyl (C=O) groups excluding carboxylic acids is 1. The summed E-state index contributed by atoms with van der Waals surface area (Å²) in [5, 5.41) is 11.8. The summed E-state index contributed by atoms with van der Waals surface area (Å²) < 4.78 is 0. The predicted octanol–water partition coefficient (Wildman–Crippen LogP) is 4.01. The molecule has 0 unspecified atom stereocenters. The number of hydrogen-bond donors (Lipinski definition) is 1. The maximum absolute atomic E-state index is 12.7. The largest absolute Gasteiger partial charge is 0.320 e. The highest BCUT2D eigenvalue weighted by atomic mass is 16.2. The van der Waals surface area contributed by atoms with Gasteiger partial charge in [0, 0.05) is 5.69 Å². The zero-order valence-electron chi connectivity index (χ0n) is 15.0. The molecule has 0 aliphatic carbocycles. The minimum absolute atomic E-state index is 0.241. The molecular weight excluding hydrogens is 312 g/mol. The summed E-state index contributed by atoms with van der Waals surface area (Å²) in [5.41, 5.74) is 5.97. The van der Waals surface area contributed by atoms with Crippen LogP contribution in [0.5, 0.6) is 0 Å². The first-order valence-corrected chi connectivity index (χ1v) is 8.40. The van der Waals surface area contributed by atoms with Crippen molar-refractivity contribution in [2.45, 2.75) is 34.1 Å². The number of carbonyl (C=O) groups is 1. The van der Waals surface area contributed by atoms with Gasteiger partial charge in [-0.1, -0.05) is 42.8 Å². The Labute approximate surface area is 147 Å². The Morgan fingerprint density at radius 2 is 1.84 bits per heavy atom. The standard InChI is InChI=1S/C20H22N4O/c1-5-16-8-6-7-9-17(16)21-20(25)19-15(4)22-24(23-19)18-11-10-13(2)12-14(18)3/h6-12H,5H2,1-4H3,(H,21,25). The van der Waals surface area contributed by atoms with Crippen molar-refractivity contribution in [1.29, 1.82) is 0 Å². The maximum Gasteiger partial charge on any atom is 0.278 e. The van der Waals surface area contributed by atoms with E-state index >= 15 is 0 Å². The molecule has 0 spiro atoms. The molecule has 5 nitrogen and oxygen atoms in total. The fraction of sp³-hybridized carbons (Fsp3) is 0.250. The highest BCUT2D eigenvalue weighted by Gasteiger charge is 2.18. The van der Waals surface area contributed by atoms with Crippen LogP contribution in [0.25, 0.3) is 5.69 Å². The Morgan fingerprint density at radius 3 is 2.56 bits per heavy atom. The molecule has 1 aromatic heterocycles. The van der Waals surface area contributed by atoms with E-state index < -0.39 is 0 Å². The smallest absolute Gasteiger partial charge is 0.278 e. The molecule has 3 rings (SSSR count). The Bertz CT molecular complexity index is 927. The summed E-state index contributed by atoms with van der Waals surface area (Å²) in [5.74, 6) is -0.241. The molecule has 0 saturated heterocycles. The molecule has 0 saturated carbocycles. The summed E-state index contributed by atoms with van der Waals surface area (Å²) in [6, 6.07) is 13.8. The monoisotopic (exact) mass is 334 g/mol. The molecule has 3 aromatic rings. The third-order valence-electron chi connectivity index (χ3n) is 4.21. The number of nitrogens with one attached hydrogen (secondary N) is 1. The number of hydrogen-bond acceptors (Lipinski definition) is 3. The zero-order valence-corrected chi connectivity index (χ0v) is 15.0. The van der Waals surface area contributed by atoms with Gasteiger partial charge in [-0.2, -0.15) is 9.90 Å². The van der Waals surface area contributed by atoms with Gasteiger partial charge in [-0.15, -0.1) is 5.10 Å². The molecule has 0 atom stereocenters. The minimum atomic E-state index is -0.241. The Balaban J connectivity index is 1.91. The third kappa shape index (κ3) is 3.45. The summed E-state index contributed by atoms with van der Waals surface area (Å²) >= 11 is 0. The number of rotatable bonds is 4. The van der Waals surface area contributed by atoms with Crippen LogP contribution in [0, 0.1) is 20.8 Å². The SMILES string of the molecule is CCc1ccccc1NC(=O)c1nn(-c2ccc(C)cc2C)nc1C. The second-order valence-corrected chi connectivity index (χ2v) is 6.18. The van der Waals surface area contributed by atoms with E-state index in [1.54, 1.807) is 6.92 Å². The summed E-state index contributed by atoms with van der Waals surface area (Å²) in [6.45, 7) is 7.92. The molecular formula is C20H22N4O. The third-order valence-corrected chi connectivity index (χ3v) is 4.21. The van der Waals surface area contributed by atoms with Gasteiger partial charge in [-0.25, -0.2) is 0 Å². The first kappa shape index (κ1) is 16.9. The molecule has 0 radical (unpaired) electrons. The fourth-order valence-electron chi connectivity index (χ4n) is 2.86. The molecule has 25 heavy (non-hydrogen) atoms. The lowest BCUT2D eigenvalue weighted by atomic mass is 10.1. The Kier molecular flexibility index (Phi) is 4.65. The molecule has 0 bridgehead atoms. The molecule has 0 aliphatic rings. The molecule has 128 valence electrons. The number of benzene rings is 2. The average molecular weight is 334 g/mol. The molecule has 2 aromatic carbocycles. The van der Waals surface area contributed by atoms with Crippen LogP contribution in [-0.4, -0.2) is 20.9 Å². The van der Waals surface area contributed by atoms with E-state index in [1.165, 1.54) is 10.4 Å². The van der Waals surface area contributed by atoms with E-state index in [1.807, 2.05) is 50.2 Å². The van der Waals surface area contributed by atoms with Crippen molar-refractivity contribution in [1.82, 2.24) is 15.0 Å². The summed E-state index contributed by atoms with van der Waals surface area (Å²) in [7, 11) is 0. The highest BCUT2D eigenvalue weighted by molar-refractivity contribution is 6.03. The van der Waals surface area contributed by atoms with E-state index in [0.717, 1.165) is 28.9 Å². The van der Waals surface area contributed by atoms with Crippen molar-refractivity contribution in [3.63, 3.8) is 0 Å². The quantitative estimate of drug-likeness (QED) is 0.784. The van der Waals surface area contributed by atoms with Crippen LogP contribution in [0.2, 0.25) is 0 Å². The number of anilines is 1. The van der Waals surface area contributed by atoms with Crippen molar-refractivity contribution >= 4 is 11.6 Å². The lowest BCUT2D eigenvalue weighted by Gasteiger charge is -2.08. The molecule has 1 heterocycles. The minimum Gasteiger partial charge on any atom is -0.320 e. The van der Waals surface area contributed by atoms with Gasteiger partial charge < -0.3 is 5.32 Å². The van der Waals surface area contributed by atoms with Crippen LogP contribution in [0.15, 0.2) is 42.5 Å². The van der Waals surface area contributed by atoms with Gasteiger partial charge in [-0.05, 0) is 50.5 Å². The van der Waals surface area contributed by atoms with Crippen molar-refractivity contribution < 1.29 is 4.79 Å². The number of aromatic nitrogens is 3. The molecule has 1 N–H and O–H groups in total. The van der Waals surface area contributed by atoms with E-state index in [0.29, 0.717) is 11.4 Å². The lowest BCUT2D eigenvalue weighted by Crippen LogP contribution is -2.15. The van der Waals surface area contributed by atoms with Crippen LogP contribution in [0.4, 0.5) is 5.69 Å². The van der Waals surface area contributed by atoms with Crippen LogP contribution in [-0.2, 0) is 6.42 Å². The van der Waals surface area contributed by atoms with Gasteiger partial charge in [0.2, 0.25) is 0 Å². The Hall–Kier alpha value is -2.95. The predicted molar refractivity (Wildman–Crippen MR) is 99.3 cm³/mol. The average Bonchev–Trinajstić information content (AvgIpc) is 2.97. The van der Waals surface area contributed by atoms with Gasteiger partial charge in [0.1, 0.15) is 0 Å². The highest BCUT2D eigenvalue weighted by Crippen LogP contribution is 2.18. The normalized spacial score (nSPS) is 10.7. The van der Waals surface area contributed by atoms with Crippen LogP contribution in [0.3, 0.4) is 0 Å². The van der Waals surface area contributed by atoms with Crippen LogP contribution in [0.1, 0.15) is 39.8 Å². The first-order chi connectivity index (χ1) is 12.0. The lowest BCUT2D eigenvalue weighted by molar-refractivity contribution is 0.102. The number of nitrogens with zero attached hydrogens (tertiary/aromatic N) is 3. The van der Waals surface area contributed by atoms with E-state index in [2.05, 4.69) is 28.5 Å².